The molecule has 2 aliphatic rings. The van der Waals surface area contributed by atoms with Gasteiger partial charge in [-0.15, -0.1) is 12.4 Å². The van der Waals surface area contributed by atoms with Crippen LogP contribution >= 0.6 is 12.4 Å². The second-order valence-electron chi connectivity index (χ2n) is 5.79. The van der Waals surface area contributed by atoms with Crippen LogP contribution in [0.15, 0.2) is 18.2 Å². The van der Waals surface area contributed by atoms with Gasteiger partial charge in [-0.1, -0.05) is 18.9 Å². The van der Waals surface area contributed by atoms with Crippen LogP contribution in [0.5, 0.6) is 0 Å². The number of hydrogen-bond acceptors (Lipinski definition) is 3. The summed E-state index contributed by atoms with van der Waals surface area (Å²) in [6.07, 6.45) is 5.40. The topological polar surface area (TPSA) is 61.4 Å². The molecule has 3 rings (SSSR count). The minimum Gasteiger partial charge on any atom is -0.391 e. The normalized spacial score (nSPS) is 24.2. The molecular weight excluding hydrogens is 288 g/mol. The van der Waals surface area contributed by atoms with Crippen LogP contribution in [0.25, 0.3) is 0 Å². The number of carbonyl (C=O) groups excluding carboxylic acids is 1. The van der Waals surface area contributed by atoms with Crippen LogP contribution < -0.4 is 10.6 Å². The molecule has 21 heavy (non-hydrogen) atoms. The Hall–Kier alpha value is -1.26. The van der Waals surface area contributed by atoms with Gasteiger partial charge in [-0.25, -0.2) is 0 Å². The van der Waals surface area contributed by atoms with E-state index in [0.717, 1.165) is 61.9 Å². The summed E-state index contributed by atoms with van der Waals surface area (Å²) in [6, 6.07) is 5.74. The van der Waals surface area contributed by atoms with E-state index in [0.29, 0.717) is 0 Å². The molecule has 116 valence electrons. The maximum Gasteiger partial charge on any atom is 0.251 e. The number of carbonyl (C=O) groups is 1. The summed E-state index contributed by atoms with van der Waals surface area (Å²) in [5.74, 6) is -0.0449. The average molecular weight is 311 g/mol. The molecule has 1 saturated carbocycles. The van der Waals surface area contributed by atoms with E-state index in [9.17, 15) is 9.90 Å². The Morgan fingerprint density at radius 3 is 2.86 bits per heavy atom. The highest BCUT2D eigenvalue weighted by Crippen LogP contribution is 2.26. The first-order valence-corrected chi connectivity index (χ1v) is 7.60. The van der Waals surface area contributed by atoms with Crippen molar-refractivity contribution in [1.82, 2.24) is 5.32 Å². The summed E-state index contributed by atoms with van der Waals surface area (Å²) in [6.45, 7) is 0.972. The SMILES string of the molecule is Cl.O=C(N[C@@H]1CCCC[C@H]1O)c1cccc2c1CCCN2. The molecule has 0 unspecified atom stereocenters. The second-order valence-corrected chi connectivity index (χ2v) is 5.79. The molecule has 1 amide bonds. The predicted molar refractivity (Wildman–Crippen MR) is 86.2 cm³/mol. The Kier molecular flexibility index (Phi) is 5.48. The van der Waals surface area contributed by atoms with Gasteiger partial charge >= 0.3 is 0 Å². The second kappa shape index (κ2) is 7.14. The monoisotopic (exact) mass is 310 g/mol. The fourth-order valence-electron chi connectivity index (χ4n) is 3.25. The van der Waals surface area contributed by atoms with Gasteiger partial charge in [0.05, 0.1) is 12.1 Å². The van der Waals surface area contributed by atoms with Crippen LogP contribution in [0, 0.1) is 0 Å². The number of benzene rings is 1. The first-order valence-electron chi connectivity index (χ1n) is 7.60. The standard InChI is InChI=1S/C16H22N2O2.ClH/c19-15-9-2-1-7-14(15)18-16(20)12-5-3-8-13-11(12)6-4-10-17-13;/h3,5,8,14-15,17,19H,1-2,4,6-7,9-10H2,(H,18,20);1H/t14-,15-;/m1./s1. The number of fused-ring (bicyclic) bond motifs is 1. The Morgan fingerprint density at radius 1 is 1.24 bits per heavy atom. The van der Waals surface area contributed by atoms with Crippen molar-refractivity contribution in [3.8, 4) is 0 Å². The lowest BCUT2D eigenvalue weighted by Crippen LogP contribution is -2.45. The molecule has 4 nitrogen and oxygen atoms in total. The van der Waals surface area contributed by atoms with Gasteiger partial charge in [0.25, 0.3) is 5.91 Å². The number of halogens is 1. The van der Waals surface area contributed by atoms with E-state index in [1.807, 2.05) is 18.2 Å². The molecule has 0 bridgehead atoms. The highest BCUT2D eigenvalue weighted by Gasteiger charge is 2.26. The van der Waals surface area contributed by atoms with Crippen molar-refractivity contribution in [3.05, 3.63) is 29.3 Å². The number of rotatable bonds is 2. The van der Waals surface area contributed by atoms with Crippen LogP contribution in [0.2, 0.25) is 0 Å². The fraction of sp³-hybridized carbons (Fsp3) is 0.562. The van der Waals surface area contributed by atoms with Gasteiger partial charge in [0.1, 0.15) is 0 Å². The summed E-state index contributed by atoms with van der Waals surface area (Å²) in [5, 5.41) is 16.3. The Labute approximate surface area is 131 Å². The van der Waals surface area contributed by atoms with E-state index in [1.165, 1.54) is 0 Å². The molecule has 1 aliphatic heterocycles. The van der Waals surface area contributed by atoms with E-state index in [4.69, 9.17) is 0 Å². The molecule has 1 aromatic rings. The van der Waals surface area contributed by atoms with E-state index in [-0.39, 0.29) is 24.4 Å². The molecule has 2 atom stereocenters. The predicted octanol–water partition coefficient (Wildman–Crippen LogP) is 2.50. The van der Waals surface area contributed by atoms with E-state index >= 15 is 0 Å². The van der Waals surface area contributed by atoms with E-state index in [1.54, 1.807) is 0 Å². The van der Waals surface area contributed by atoms with Crippen molar-refractivity contribution < 1.29 is 9.90 Å². The number of aliphatic hydroxyl groups excluding tert-OH is 1. The van der Waals surface area contributed by atoms with Crippen LogP contribution in [0.4, 0.5) is 5.69 Å². The van der Waals surface area contributed by atoms with Gasteiger partial charge in [0.2, 0.25) is 0 Å². The molecule has 1 aliphatic carbocycles. The summed E-state index contributed by atoms with van der Waals surface area (Å²) in [5.41, 5.74) is 2.95. The summed E-state index contributed by atoms with van der Waals surface area (Å²) in [4.78, 5) is 12.5. The van der Waals surface area contributed by atoms with Gasteiger partial charge in [-0.2, -0.15) is 0 Å². The quantitative estimate of drug-likeness (QED) is 0.786. The summed E-state index contributed by atoms with van der Waals surface area (Å²) < 4.78 is 0. The molecule has 1 fully saturated rings. The third-order valence-corrected chi connectivity index (χ3v) is 4.39. The van der Waals surface area contributed by atoms with Gasteiger partial charge in [-0.05, 0) is 43.4 Å². The lowest BCUT2D eigenvalue weighted by Gasteiger charge is -2.29. The molecule has 3 N–H and O–H groups in total. The molecule has 0 saturated heterocycles. The molecular formula is C16H23ClN2O2. The number of amides is 1. The van der Waals surface area contributed by atoms with Crippen LogP contribution in [-0.2, 0) is 6.42 Å². The molecule has 0 aromatic heterocycles. The zero-order valence-corrected chi connectivity index (χ0v) is 12.9. The first kappa shape index (κ1) is 16.1. The Bertz CT molecular complexity index is 507. The van der Waals surface area contributed by atoms with Crippen molar-refractivity contribution in [2.45, 2.75) is 50.7 Å². The lowest BCUT2D eigenvalue weighted by atomic mass is 9.91. The van der Waals surface area contributed by atoms with Crippen molar-refractivity contribution in [2.75, 3.05) is 11.9 Å². The maximum atomic E-state index is 12.5. The molecule has 0 radical (unpaired) electrons. The van der Waals surface area contributed by atoms with Crippen LogP contribution in [0.1, 0.15) is 48.0 Å². The molecule has 1 aromatic carbocycles. The van der Waals surface area contributed by atoms with Gasteiger partial charge < -0.3 is 15.7 Å². The lowest BCUT2D eigenvalue weighted by molar-refractivity contribution is 0.0716. The highest BCUT2D eigenvalue weighted by atomic mass is 35.5. The van der Waals surface area contributed by atoms with Crippen molar-refractivity contribution in [1.29, 1.82) is 0 Å². The Morgan fingerprint density at radius 2 is 2.05 bits per heavy atom. The third-order valence-electron chi connectivity index (χ3n) is 4.39. The van der Waals surface area contributed by atoms with Crippen LogP contribution in [-0.4, -0.2) is 29.7 Å². The third kappa shape index (κ3) is 3.50. The molecule has 0 spiro atoms. The largest absolute Gasteiger partial charge is 0.391 e. The van der Waals surface area contributed by atoms with Crippen molar-refractivity contribution >= 4 is 24.0 Å². The molecule has 1 heterocycles. The van der Waals surface area contributed by atoms with Gasteiger partial charge in [0.15, 0.2) is 0 Å². The zero-order valence-electron chi connectivity index (χ0n) is 12.1. The van der Waals surface area contributed by atoms with Crippen molar-refractivity contribution in [2.24, 2.45) is 0 Å². The number of nitrogens with one attached hydrogen (secondary N) is 2. The average Bonchev–Trinajstić information content (AvgIpc) is 2.49. The van der Waals surface area contributed by atoms with Crippen molar-refractivity contribution in [3.63, 3.8) is 0 Å². The number of aliphatic hydroxyl groups is 1. The maximum absolute atomic E-state index is 12.5. The summed E-state index contributed by atoms with van der Waals surface area (Å²) >= 11 is 0. The highest BCUT2D eigenvalue weighted by molar-refractivity contribution is 5.97. The van der Waals surface area contributed by atoms with E-state index in [2.05, 4.69) is 10.6 Å². The minimum absolute atomic E-state index is 0. The number of hydrogen-bond donors (Lipinski definition) is 3. The zero-order chi connectivity index (χ0) is 13.9. The Balaban J connectivity index is 0.00000161. The van der Waals surface area contributed by atoms with Gasteiger partial charge in [-0.3, -0.25) is 4.79 Å². The van der Waals surface area contributed by atoms with E-state index < -0.39 is 6.10 Å². The first-order chi connectivity index (χ1) is 9.75. The smallest absolute Gasteiger partial charge is 0.251 e. The summed E-state index contributed by atoms with van der Waals surface area (Å²) in [7, 11) is 0. The van der Waals surface area contributed by atoms with Crippen LogP contribution in [0.3, 0.4) is 0 Å². The fourth-order valence-corrected chi connectivity index (χ4v) is 3.25. The van der Waals surface area contributed by atoms with Gasteiger partial charge in [0, 0.05) is 17.8 Å². The minimum atomic E-state index is -0.398. The molecule has 5 heteroatoms. The number of anilines is 1.